The fourth-order valence-electron chi connectivity index (χ4n) is 1.98. The fraction of sp³-hybridized carbons (Fsp3) is 0.235. The molecule has 128 valence electrons. The monoisotopic (exact) mass is 348 g/mol. The maximum absolute atomic E-state index is 12.1. The summed E-state index contributed by atoms with van der Waals surface area (Å²) in [6, 6.07) is 11.8. The number of methoxy groups -OCH3 is 1. The Balaban J connectivity index is 2.12. The van der Waals surface area contributed by atoms with Gasteiger partial charge >= 0.3 is 0 Å². The van der Waals surface area contributed by atoms with Crippen molar-refractivity contribution in [2.24, 2.45) is 5.10 Å². The molecule has 0 radical (unpaired) electrons. The Morgan fingerprint density at radius 2 is 1.83 bits per heavy atom. The van der Waals surface area contributed by atoms with Gasteiger partial charge in [-0.15, -0.1) is 0 Å². The van der Waals surface area contributed by atoms with Gasteiger partial charge < -0.3 is 9.47 Å². The van der Waals surface area contributed by atoms with Gasteiger partial charge in [-0.1, -0.05) is 17.7 Å². The van der Waals surface area contributed by atoms with Crippen LogP contribution in [-0.4, -0.2) is 28.3 Å². The summed E-state index contributed by atoms with van der Waals surface area (Å²) in [4.78, 5) is 2.35. The van der Waals surface area contributed by atoms with E-state index < -0.39 is 10.0 Å². The van der Waals surface area contributed by atoms with Crippen LogP contribution in [0.2, 0.25) is 0 Å². The van der Waals surface area contributed by atoms with Crippen LogP contribution >= 0.6 is 0 Å². The van der Waals surface area contributed by atoms with E-state index in [0.717, 1.165) is 5.56 Å². The lowest BCUT2D eigenvalue weighted by molar-refractivity contribution is 0.311. The maximum Gasteiger partial charge on any atom is 0.276 e. The zero-order valence-corrected chi connectivity index (χ0v) is 14.6. The van der Waals surface area contributed by atoms with Crippen molar-refractivity contribution in [3.63, 3.8) is 0 Å². The van der Waals surface area contributed by atoms with E-state index in [1.807, 2.05) is 13.8 Å². The molecule has 1 N–H and O–H groups in total. The van der Waals surface area contributed by atoms with Gasteiger partial charge in [-0.05, 0) is 49.7 Å². The third kappa shape index (κ3) is 4.48. The molecule has 2 aromatic rings. The standard InChI is InChI=1S/C17H20N2O4S/c1-4-23-16-10-7-14(11-17(16)22-3)12-18-19-24(20,21)15-8-5-13(2)6-9-15/h5-12,19H,4H2,1-3H3/b18-12-. The lowest BCUT2D eigenvalue weighted by Gasteiger charge is -2.09. The molecule has 0 fully saturated rings. The van der Waals surface area contributed by atoms with Crippen molar-refractivity contribution >= 4 is 16.2 Å². The molecule has 24 heavy (non-hydrogen) atoms. The number of ether oxygens (including phenoxy) is 2. The highest BCUT2D eigenvalue weighted by Gasteiger charge is 2.11. The van der Waals surface area contributed by atoms with E-state index >= 15 is 0 Å². The number of benzene rings is 2. The molecule has 0 heterocycles. The molecule has 0 amide bonds. The summed E-state index contributed by atoms with van der Waals surface area (Å²) in [6.07, 6.45) is 1.41. The number of nitrogens with one attached hydrogen (secondary N) is 1. The van der Waals surface area contributed by atoms with Crippen molar-refractivity contribution < 1.29 is 17.9 Å². The van der Waals surface area contributed by atoms with Crippen molar-refractivity contribution in [2.45, 2.75) is 18.7 Å². The van der Waals surface area contributed by atoms with Gasteiger partial charge in [-0.2, -0.15) is 13.5 Å². The van der Waals surface area contributed by atoms with Gasteiger partial charge in [0.1, 0.15) is 0 Å². The molecule has 0 aliphatic rings. The summed E-state index contributed by atoms with van der Waals surface area (Å²) in [5.74, 6) is 1.18. The second-order valence-corrected chi connectivity index (χ2v) is 6.67. The molecule has 0 saturated carbocycles. The number of rotatable bonds is 7. The summed E-state index contributed by atoms with van der Waals surface area (Å²) in [7, 11) is -2.14. The number of nitrogens with zero attached hydrogens (tertiary/aromatic N) is 1. The van der Waals surface area contributed by atoms with Gasteiger partial charge in [0.2, 0.25) is 0 Å². The average Bonchev–Trinajstić information content (AvgIpc) is 2.56. The molecule has 0 aliphatic heterocycles. The number of sulfonamides is 1. The molecule has 0 bridgehead atoms. The Bertz CT molecular complexity index is 815. The van der Waals surface area contributed by atoms with Gasteiger partial charge in [0.05, 0.1) is 24.8 Å². The third-order valence-corrected chi connectivity index (χ3v) is 4.44. The molecule has 0 aliphatic carbocycles. The van der Waals surface area contributed by atoms with Crippen molar-refractivity contribution in [1.82, 2.24) is 4.83 Å². The number of hydrazone groups is 1. The molecule has 0 saturated heterocycles. The zero-order valence-electron chi connectivity index (χ0n) is 13.8. The minimum atomic E-state index is -3.68. The Kier molecular flexibility index (Phi) is 5.81. The van der Waals surface area contributed by atoms with E-state index in [-0.39, 0.29) is 4.90 Å². The molecular weight excluding hydrogens is 328 g/mol. The molecular formula is C17H20N2O4S. The maximum atomic E-state index is 12.1. The zero-order chi connectivity index (χ0) is 17.6. The van der Waals surface area contributed by atoms with Crippen LogP contribution in [0, 0.1) is 6.92 Å². The minimum Gasteiger partial charge on any atom is -0.493 e. The Hall–Kier alpha value is -2.54. The van der Waals surface area contributed by atoms with Crippen molar-refractivity contribution in [3.05, 3.63) is 53.6 Å². The van der Waals surface area contributed by atoms with Gasteiger partial charge in [0.25, 0.3) is 10.0 Å². The number of hydrogen-bond acceptors (Lipinski definition) is 5. The Morgan fingerprint density at radius 3 is 2.46 bits per heavy atom. The van der Waals surface area contributed by atoms with Crippen LogP contribution in [-0.2, 0) is 10.0 Å². The van der Waals surface area contributed by atoms with Gasteiger partial charge in [0, 0.05) is 0 Å². The summed E-state index contributed by atoms with van der Waals surface area (Å²) in [5, 5.41) is 3.80. The number of hydrogen-bond donors (Lipinski definition) is 1. The topological polar surface area (TPSA) is 77.0 Å². The van der Waals surface area contributed by atoms with E-state index in [1.165, 1.54) is 18.3 Å². The largest absolute Gasteiger partial charge is 0.493 e. The third-order valence-electron chi connectivity index (χ3n) is 3.21. The van der Waals surface area contributed by atoms with Crippen LogP contribution in [0.15, 0.2) is 52.5 Å². The van der Waals surface area contributed by atoms with Crippen LogP contribution in [0.5, 0.6) is 11.5 Å². The highest BCUT2D eigenvalue weighted by molar-refractivity contribution is 7.89. The van der Waals surface area contributed by atoms with Crippen LogP contribution in [0.25, 0.3) is 0 Å². The quantitative estimate of drug-likeness (QED) is 0.616. The summed E-state index contributed by atoms with van der Waals surface area (Å²) in [5.41, 5.74) is 1.67. The smallest absolute Gasteiger partial charge is 0.276 e. The molecule has 0 atom stereocenters. The Labute approximate surface area is 142 Å². The number of aryl methyl sites for hydroxylation is 1. The molecule has 0 aromatic heterocycles. The first-order chi connectivity index (χ1) is 11.5. The van der Waals surface area contributed by atoms with Crippen molar-refractivity contribution in [2.75, 3.05) is 13.7 Å². The predicted molar refractivity (Wildman–Crippen MR) is 93.3 cm³/mol. The lowest BCUT2D eigenvalue weighted by Crippen LogP contribution is -2.18. The molecule has 6 nitrogen and oxygen atoms in total. The van der Waals surface area contributed by atoms with E-state index in [1.54, 1.807) is 37.4 Å². The first-order valence-electron chi connectivity index (χ1n) is 7.38. The van der Waals surface area contributed by atoms with Gasteiger partial charge in [-0.3, -0.25) is 0 Å². The summed E-state index contributed by atoms with van der Waals surface area (Å²) < 4.78 is 34.9. The van der Waals surface area contributed by atoms with Gasteiger partial charge in [-0.25, -0.2) is 4.83 Å². The minimum absolute atomic E-state index is 0.162. The lowest BCUT2D eigenvalue weighted by atomic mass is 10.2. The van der Waals surface area contributed by atoms with Crippen LogP contribution in [0.4, 0.5) is 0 Å². The SMILES string of the molecule is CCOc1ccc(/C=N\NS(=O)(=O)c2ccc(C)cc2)cc1OC. The molecule has 2 aromatic carbocycles. The molecule has 0 unspecified atom stereocenters. The molecule has 7 heteroatoms. The van der Waals surface area contributed by atoms with Crippen molar-refractivity contribution in [3.8, 4) is 11.5 Å². The second-order valence-electron chi connectivity index (χ2n) is 5.01. The van der Waals surface area contributed by atoms with E-state index in [9.17, 15) is 8.42 Å². The summed E-state index contributed by atoms with van der Waals surface area (Å²) >= 11 is 0. The van der Waals surface area contributed by atoms with Crippen molar-refractivity contribution in [1.29, 1.82) is 0 Å². The predicted octanol–water partition coefficient (Wildman–Crippen LogP) is 2.71. The average molecular weight is 348 g/mol. The first-order valence-corrected chi connectivity index (χ1v) is 8.87. The first kappa shape index (κ1) is 17.8. The Morgan fingerprint density at radius 1 is 1.12 bits per heavy atom. The summed E-state index contributed by atoms with van der Waals surface area (Å²) in [6.45, 7) is 4.30. The fourth-order valence-corrected chi connectivity index (χ4v) is 2.77. The van der Waals surface area contributed by atoms with Crippen LogP contribution in [0.3, 0.4) is 0 Å². The molecule has 2 rings (SSSR count). The normalized spacial score (nSPS) is 11.5. The highest BCUT2D eigenvalue weighted by Crippen LogP contribution is 2.27. The molecule has 0 spiro atoms. The van der Waals surface area contributed by atoms with E-state index in [2.05, 4.69) is 9.93 Å². The van der Waals surface area contributed by atoms with E-state index in [4.69, 9.17) is 9.47 Å². The van der Waals surface area contributed by atoms with E-state index in [0.29, 0.717) is 23.7 Å². The van der Waals surface area contributed by atoms with Crippen LogP contribution in [0.1, 0.15) is 18.1 Å². The van der Waals surface area contributed by atoms with Crippen LogP contribution < -0.4 is 14.3 Å². The van der Waals surface area contributed by atoms with Gasteiger partial charge in [0.15, 0.2) is 11.5 Å². The highest BCUT2D eigenvalue weighted by atomic mass is 32.2. The second kappa shape index (κ2) is 7.83.